The molecule has 0 N–H and O–H groups in total. The molecule has 21 heavy (non-hydrogen) atoms. The van der Waals surface area contributed by atoms with E-state index in [4.69, 9.17) is 13.7 Å². The van der Waals surface area contributed by atoms with E-state index in [1.807, 2.05) is 31.2 Å². The topological polar surface area (TPSA) is 78.4 Å². The Hall–Kier alpha value is -2.89. The summed E-state index contributed by atoms with van der Waals surface area (Å²) in [5.74, 6) is 0.200. The standard InChI is InChI=1S/C15H12N2O4/c1-10-2-4-11(5-3-10)14-16-13(21-17-14)9-20-15(18)12-6-7-19-8-12/h2-8H,9H2,1H3. The van der Waals surface area contributed by atoms with E-state index in [0.717, 1.165) is 11.1 Å². The second-order valence-corrected chi connectivity index (χ2v) is 4.47. The van der Waals surface area contributed by atoms with E-state index in [9.17, 15) is 4.79 Å². The van der Waals surface area contributed by atoms with Gasteiger partial charge in [0.1, 0.15) is 6.26 Å². The molecule has 0 aliphatic carbocycles. The van der Waals surface area contributed by atoms with E-state index in [1.165, 1.54) is 18.6 Å². The quantitative estimate of drug-likeness (QED) is 0.685. The first-order valence-corrected chi connectivity index (χ1v) is 6.31. The molecule has 2 heterocycles. The van der Waals surface area contributed by atoms with Crippen LogP contribution in [0.1, 0.15) is 21.8 Å². The lowest BCUT2D eigenvalue weighted by atomic mass is 10.1. The fourth-order valence-electron chi connectivity index (χ4n) is 1.72. The predicted octanol–water partition coefficient (Wildman–Crippen LogP) is 3.00. The van der Waals surface area contributed by atoms with Gasteiger partial charge in [0.15, 0.2) is 6.61 Å². The number of benzene rings is 1. The van der Waals surface area contributed by atoms with Crippen molar-refractivity contribution in [2.24, 2.45) is 0 Å². The molecule has 0 saturated carbocycles. The Morgan fingerprint density at radius 2 is 2.05 bits per heavy atom. The van der Waals surface area contributed by atoms with Crippen LogP contribution in [-0.4, -0.2) is 16.1 Å². The third-order valence-corrected chi connectivity index (χ3v) is 2.86. The maximum absolute atomic E-state index is 11.6. The number of aryl methyl sites for hydroxylation is 1. The average Bonchev–Trinajstić information content (AvgIpc) is 3.17. The Morgan fingerprint density at radius 1 is 1.24 bits per heavy atom. The zero-order valence-corrected chi connectivity index (χ0v) is 11.3. The number of carbonyl (C=O) groups excluding carboxylic acids is 1. The van der Waals surface area contributed by atoms with E-state index >= 15 is 0 Å². The average molecular weight is 284 g/mol. The number of rotatable bonds is 4. The summed E-state index contributed by atoms with van der Waals surface area (Å²) in [6.45, 7) is 1.92. The Kier molecular flexibility index (Phi) is 3.51. The molecule has 2 aromatic heterocycles. The highest BCUT2D eigenvalue weighted by molar-refractivity contribution is 5.88. The summed E-state index contributed by atoms with van der Waals surface area (Å²) in [7, 11) is 0. The molecule has 1 aromatic carbocycles. The van der Waals surface area contributed by atoms with Gasteiger partial charge in [-0.05, 0) is 13.0 Å². The summed E-state index contributed by atoms with van der Waals surface area (Å²) < 4.78 is 14.9. The van der Waals surface area contributed by atoms with E-state index in [2.05, 4.69) is 10.1 Å². The maximum atomic E-state index is 11.6. The molecule has 6 nitrogen and oxygen atoms in total. The van der Waals surface area contributed by atoms with Crippen molar-refractivity contribution >= 4 is 5.97 Å². The number of furan rings is 1. The monoisotopic (exact) mass is 284 g/mol. The molecule has 0 aliphatic heterocycles. The Balaban J connectivity index is 1.65. The molecule has 3 rings (SSSR count). The summed E-state index contributed by atoms with van der Waals surface area (Å²) in [6.07, 6.45) is 2.71. The van der Waals surface area contributed by atoms with Gasteiger partial charge in [-0.1, -0.05) is 35.0 Å². The number of esters is 1. The number of hydrogen-bond acceptors (Lipinski definition) is 6. The maximum Gasteiger partial charge on any atom is 0.341 e. The molecule has 0 saturated heterocycles. The highest BCUT2D eigenvalue weighted by Gasteiger charge is 2.13. The summed E-state index contributed by atoms with van der Waals surface area (Å²) in [4.78, 5) is 15.8. The molecule has 0 fully saturated rings. The largest absolute Gasteiger partial charge is 0.472 e. The van der Waals surface area contributed by atoms with E-state index in [-0.39, 0.29) is 12.5 Å². The van der Waals surface area contributed by atoms with Gasteiger partial charge < -0.3 is 13.7 Å². The van der Waals surface area contributed by atoms with Crippen LogP contribution in [0.2, 0.25) is 0 Å². The van der Waals surface area contributed by atoms with Gasteiger partial charge in [0.2, 0.25) is 5.82 Å². The van der Waals surface area contributed by atoms with Crippen LogP contribution in [0, 0.1) is 6.92 Å². The molecule has 0 unspecified atom stereocenters. The first kappa shape index (κ1) is 13.1. The third kappa shape index (κ3) is 3.00. The van der Waals surface area contributed by atoms with Gasteiger partial charge in [0.05, 0.1) is 11.8 Å². The first-order valence-electron chi connectivity index (χ1n) is 6.31. The van der Waals surface area contributed by atoms with Crippen molar-refractivity contribution in [2.75, 3.05) is 0 Å². The molecule has 106 valence electrons. The van der Waals surface area contributed by atoms with E-state index in [1.54, 1.807) is 0 Å². The molecule has 0 bridgehead atoms. The van der Waals surface area contributed by atoms with Crippen LogP contribution < -0.4 is 0 Å². The van der Waals surface area contributed by atoms with Gasteiger partial charge in [-0.2, -0.15) is 4.98 Å². The summed E-state index contributed by atoms with van der Waals surface area (Å²) in [5.41, 5.74) is 2.33. The van der Waals surface area contributed by atoms with E-state index < -0.39 is 5.97 Å². The van der Waals surface area contributed by atoms with Crippen LogP contribution >= 0.6 is 0 Å². The number of nitrogens with zero attached hydrogens (tertiary/aromatic N) is 2. The number of aromatic nitrogens is 2. The van der Waals surface area contributed by atoms with Crippen LogP contribution in [0.25, 0.3) is 11.4 Å². The lowest BCUT2D eigenvalue weighted by molar-refractivity contribution is 0.0429. The minimum Gasteiger partial charge on any atom is -0.472 e. The molecular weight excluding hydrogens is 272 g/mol. The van der Waals surface area contributed by atoms with Crippen molar-refractivity contribution in [2.45, 2.75) is 13.5 Å². The van der Waals surface area contributed by atoms with Crippen LogP contribution in [0.5, 0.6) is 0 Å². The van der Waals surface area contributed by atoms with Gasteiger partial charge in [0, 0.05) is 5.56 Å². The molecule has 0 amide bonds. The van der Waals surface area contributed by atoms with Gasteiger partial charge >= 0.3 is 5.97 Å². The van der Waals surface area contributed by atoms with Crippen molar-refractivity contribution in [3.63, 3.8) is 0 Å². The zero-order valence-electron chi connectivity index (χ0n) is 11.3. The minimum atomic E-state index is -0.501. The Morgan fingerprint density at radius 3 is 2.76 bits per heavy atom. The van der Waals surface area contributed by atoms with Gasteiger partial charge in [-0.3, -0.25) is 0 Å². The van der Waals surface area contributed by atoms with Crippen molar-refractivity contribution in [1.82, 2.24) is 10.1 Å². The zero-order chi connectivity index (χ0) is 14.7. The first-order chi connectivity index (χ1) is 10.2. The molecule has 0 aliphatic rings. The number of carbonyl (C=O) groups is 1. The van der Waals surface area contributed by atoms with Crippen LogP contribution in [0.4, 0.5) is 0 Å². The fraction of sp³-hybridized carbons (Fsp3) is 0.133. The lowest BCUT2D eigenvalue weighted by Gasteiger charge is -1.98. The summed E-state index contributed by atoms with van der Waals surface area (Å²) in [6, 6.07) is 9.26. The summed E-state index contributed by atoms with van der Waals surface area (Å²) >= 11 is 0. The van der Waals surface area contributed by atoms with Crippen molar-refractivity contribution < 1.29 is 18.5 Å². The van der Waals surface area contributed by atoms with Crippen LogP contribution in [0.15, 0.2) is 51.8 Å². The number of ether oxygens (including phenoxy) is 1. The second-order valence-electron chi connectivity index (χ2n) is 4.47. The highest BCUT2D eigenvalue weighted by Crippen LogP contribution is 2.16. The van der Waals surface area contributed by atoms with Gasteiger partial charge in [-0.25, -0.2) is 4.79 Å². The molecule has 0 atom stereocenters. The van der Waals surface area contributed by atoms with Crippen molar-refractivity contribution in [1.29, 1.82) is 0 Å². The van der Waals surface area contributed by atoms with Gasteiger partial charge in [0.25, 0.3) is 5.89 Å². The van der Waals surface area contributed by atoms with Crippen molar-refractivity contribution in [3.05, 3.63) is 59.9 Å². The van der Waals surface area contributed by atoms with Crippen LogP contribution in [0.3, 0.4) is 0 Å². The Bertz CT molecular complexity index is 729. The minimum absolute atomic E-state index is 0.0805. The predicted molar refractivity (Wildman–Crippen MR) is 72.3 cm³/mol. The molecule has 0 spiro atoms. The van der Waals surface area contributed by atoms with Crippen molar-refractivity contribution in [3.8, 4) is 11.4 Å². The lowest BCUT2D eigenvalue weighted by Crippen LogP contribution is -2.04. The van der Waals surface area contributed by atoms with Gasteiger partial charge in [-0.15, -0.1) is 0 Å². The highest BCUT2D eigenvalue weighted by atomic mass is 16.6. The fourth-order valence-corrected chi connectivity index (χ4v) is 1.72. The molecule has 3 aromatic rings. The molecule has 0 radical (unpaired) electrons. The normalized spacial score (nSPS) is 10.5. The molecular formula is C15H12N2O4. The number of hydrogen-bond donors (Lipinski definition) is 0. The second kappa shape index (κ2) is 5.62. The summed E-state index contributed by atoms with van der Waals surface area (Å²) in [5, 5.41) is 3.86. The smallest absolute Gasteiger partial charge is 0.341 e. The van der Waals surface area contributed by atoms with Crippen LogP contribution in [-0.2, 0) is 11.3 Å². The third-order valence-electron chi connectivity index (χ3n) is 2.86. The van der Waals surface area contributed by atoms with E-state index in [0.29, 0.717) is 11.4 Å². The Labute approximate surface area is 120 Å². The SMILES string of the molecule is Cc1ccc(-c2noc(COC(=O)c3ccoc3)n2)cc1. The molecule has 6 heteroatoms.